The van der Waals surface area contributed by atoms with Gasteiger partial charge in [-0.25, -0.2) is 9.37 Å². The van der Waals surface area contributed by atoms with E-state index in [1.165, 1.54) is 36.5 Å². The van der Waals surface area contributed by atoms with Gasteiger partial charge in [-0.15, -0.1) is 10.2 Å². The van der Waals surface area contributed by atoms with Crippen molar-refractivity contribution in [3.63, 3.8) is 0 Å². The van der Waals surface area contributed by atoms with Crippen LogP contribution in [-0.4, -0.2) is 26.3 Å². The van der Waals surface area contributed by atoms with E-state index in [1.807, 2.05) is 37.4 Å². The molecule has 3 aromatic carbocycles. The van der Waals surface area contributed by atoms with Crippen molar-refractivity contribution in [3.05, 3.63) is 77.9 Å². The van der Waals surface area contributed by atoms with Gasteiger partial charge < -0.3 is 14.3 Å². The predicted octanol–water partition coefficient (Wildman–Crippen LogP) is 6.86. The second-order valence-electron chi connectivity index (χ2n) is 10.7. The van der Waals surface area contributed by atoms with Gasteiger partial charge in [0.1, 0.15) is 17.7 Å². The molecule has 0 spiro atoms. The lowest BCUT2D eigenvalue weighted by molar-refractivity contribution is 0.301. The minimum atomic E-state index is -0.399. The average molecular weight is 508 g/mol. The van der Waals surface area contributed by atoms with Crippen molar-refractivity contribution in [2.45, 2.75) is 44.6 Å². The number of rotatable bonds is 8. The van der Waals surface area contributed by atoms with Crippen LogP contribution in [0.4, 0.5) is 4.39 Å². The molecule has 2 aliphatic carbocycles. The molecule has 0 bridgehead atoms. The van der Waals surface area contributed by atoms with Gasteiger partial charge in [-0.05, 0) is 72.9 Å². The fourth-order valence-corrected chi connectivity index (χ4v) is 5.53. The van der Waals surface area contributed by atoms with E-state index in [-0.39, 0.29) is 5.89 Å². The summed E-state index contributed by atoms with van der Waals surface area (Å²) in [4.78, 5) is 4.89. The molecule has 2 fully saturated rings. The minimum Gasteiger partial charge on any atom is -0.436 e. The first-order chi connectivity index (χ1) is 18.7. The van der Waals surface area contributed by atoms with Gasteiger partial charge in [0, 0.05) is 24.7 Å². The number of oxazole rings is 1. The number of nitrogens with zero attached hydrogens (tertiary/aromatic N) is 4. The van der Waals surface area contributed by atoms with Crippen molar-refractivity contribution in [2.75, 3.05) is 6.54 Å². The van der Waals surface area contributed by atoms with Crippen molar-refractivity contribution < 1.29 is 8.81 Å². The number of halogens is 1. The Morgan fingerprint density at radius 2 is 1.87 bits per heavy atom. The van der Waals surface area contributed by atoms with E-state index in [1.54, 1.807) is 17.0 Å². The molecule has 0 amide bonds. The minimum absolute atomic E-state index is 0.273. The molecule has 0 radical (unpaired) electrons. The van der Waals surface area contributed by atoms with Crippen LogP contribution in [0.25, 0.3) is 45.1 Å². The fourth-order valence-electron chi connectivity index (χ4n) is 5.53. The van der Waals surface area contributed by atoms with E-state index in [2.05, 4.69) is 27.6 Å². The van der Waals surface area contributed by atoms with Crippen molar-refractivity contribution in [1.82, 2.24) is 25.1 Å². The molecule has 38 heavy (non-hydrogen) atoms. The number of benzene rings is 3. The summed E-state index contributed by atoms with van der Waals surface area (Å²) in [7, 11) is 1.86. The molecule has 0 unspecified atom stereocenters. The van der Waals surface area contributed by atoms with E-state index >= 15 is 4.39 Å². The summed E-state index contributed by atoms with van der Waals surface area (Å²) in [5.74, 6) is 1.71. The molecule has 192 valence electrons. The Kier molecular flexibility index (Phi) is 5.81. The normalized spacial score (nSPS) is 15.7. The smallest absolute Gasteiger partial charge is 0.231 e. The summed E-state index contributed by atoms with van der Waals surface area (Å²) in [5, 5.41) is 12.1. The van der Waals surface area contributed by atoms with E-state index in [0.29, 0.717) is 22.9 Å². The Labute approximate surface area is 220 Å². The third-order valence-electron chi connectivity index (χ3n) is 7.97. The van der Waals surface area contributed by atoms with Crippen LogP contribution in [0.5, 0.6) is 0 Å². The predicted molar refractivity (Wildman–Crippen MR) is 146 cm³/mol. The van der Waals surface area contributed by atoms with Crippen LogP contribution in [0, 0.1) is 11.7 Å². The third kappa shape index (κ3) is 4.21. The Hall–Kier alpha value is -3.84. The van der Waals surface area contributed by atoms with E-state index < -0.39 is 5.82 Å². The molecule has 2 aliphatic rings. The number of hydrogen-bond acceptors (Lipinski definition) is 5. The zero-order valence-corrected chi connectivity index (χ0v) is 21.5. The molecular formula is C31H30FN5O. The van der Waals surface area contributed by atoms with Crippen molar-refractivity contribution in [2.24, 2.45) is 13.0 Å². The Balaban J connectivity index is 1.37. The molecule has 7 rings (SSSR count). The summed E-state index contributed by atoms with van der Waals surface area (Å²) in [5.41, 5.74) is 6.66. The van der Waals surface area contributed by atoms with Crippen LogP contribution in [0.1, 0.15) is 49.1 Å². The number of nitrogens with one attached hydrogen (secondary N) is 1. The molecule has 0 saturated heterocycles. The van der Waals surface area contributed by atoms with Crippen molar-refractivity contribution >= 4 is 11.1 Å². The lowest BCUT2D eigenvalue weighted by atomic mass is 9.85. The third-order valence-corrected chi connectivity index (χ3v) is 7.97. The number of aryl methyl sites for hydroxylation is 1. The summed E-state index contributed by atoms with van der Waals surface area (Å²) < 4.78 is 24.0. The molecule has 7 heteroatoms. The van der Waals surface area contributed by atoms with E-state index in [4.69, 9.17) is 9.40 Å². The SMILES string of the molecule is Cn1cnnc1-c1c(-c2ccccc2)ccc(F)c1-c1nc2cc(CNCC3CCC3)cc(C3CC3)c2o1. The molecule has 0 aliphatic heterocycles. The molecule has 6 nitrogen and oxygen atoms in total. The maximum absolute atomic E-state index is 15.7. The highest BCUT2D eigenvalue weighted by molar-refractivity contribution is 5.92. The van der Waals surface area contributed by atoms with Crippen molar-refractivity contribution in [1.29, 1.82) is 0 Å². The van der Waals surface area contributed by atoms with Crippen LogP contribution >= 0.6 is 0 Å². The van der Waals surface area contributed by atoms with Crippen LogP contribution < -0.4 is 5.32 Å². The topological polar surface area (TPSA) is 68.8 Å². The van der Waals surface area contributed by atoms with Gasteiger partial charge in [-0.3, -0.25) is 0 Å². The first kappa shape index (κ1) is 23.3. The maximum Gasteiger partial charge on any atom is 0.231 e. The van der Waals surface area contributed by atoms with Gasteiger partial charge in [0.25, 0.3) is 0 Å². The second-order valence-corrected chi connectivity index (χ2v) is 10.7. The lowest BCUT2D eigenvalue weighted by Crippen LogP contribution is -2.26. The van der Waals surface area contributed by atoms with Gasteiger partial charge in [0.2, 0.25) is 5.89 Å². The van der Waals surface area contributed by atoms with E-state index in [0.717, 1.165) is 54.1 Å². The number of hydrogen-bond donors (Lipinski definition) is 1. The Morgan fingerprint density at radius 3 is 2.58 bits per heavy atom. The first-order valence-electron chi connectivity index (χ1n) is 13.5. The maximum atomic E-state index is 15.7. The quantitative estimate of drug-likeness (QED) is 0.248. The zero-order valence-electron chi connectivity index (χ0n) is 21.5. The summed E-state index contributed by atoms with van der Waals surface area (Å²) in [6.45, 7) is 1.86. The Morgan fingerprint density at radius 1 is 1.03 bits per heavy atom. The highest BCUT2D eigenvalue weighted by Crippen LogP contribution is 2.46. The van der Waals surface area contributed by atoms with Crippen LogP contribution in [0.3, 0.4) is 0 Å². The molecule has 1 N–H and O–H groups in total. The fraction of sp³-hybridized carbons (Fsp3) is 0.323. The average Bonchev–Trinajstić information content (AvgIpc) is 3.53. The molecule has 5 aromatic rings. The van der Waals surface area contributed by atoms with Gasteiger partial charge in [0.15, 0.2) is 11.4 Å². The number of fused-ring (bicyclic) bond motifs is 1. The molecule has 0 atom stereocenters. The van der Waals surface area contributed by atoms with Crippen molar-refractivity contribution in [3.8, 4) is 34.0 Å². The van der Waals surface area contributed by atoms with Gasteiger partial charge in [-0.1, -0.05) is 48.9 Å². The van der Waals surface area contributed by atoms with Crippen LogP contribution in [-0.2, 0) is 13.6 Å². The highest BCUT2D eigenvalue weighted by atomic mass is 19.1. The standard InChI is InChI=1S/C31H30FN5O/c1-37-18-34-36-30(37)27-23(21-8-3-2-4-9-21)12-13-25(32)28(27)31-35-26-15-20(17-33-16-19-6-5-7-19)14-24(22-10-11-22)29(26)38-31/h2-4,8-9,12-15,18-19,22,33H,5-7,10-11,16-17H2,1H3. The monoisotopic (exact) mass is 507 g/mol. The first-order valence-corrected chi connectivity index (χ1v) is 13.5. The zero-order chi connectivity index (χ0) is 25.6. The van der Waals surface area contributed by atoms with Gasteiger partial charge >= 0.3 is 0 Å². The highest BCUT2D eigenvalue weighted by Gasteiger charge is 2.30. The molecule has 2 aromatic heterocycles. The second kappa shape index (κ2) is 9.48. The number of aromatic nitrogens is 4. The van der Waals surface area contributed by atoms with Gasteiger partial charge in [-0.2, -0.15) is 0 Å². The lowest BCUT2D eigenvalue weighted by Gasteiger charge is -2.25. The summed E-state index contributed by atoms with van der Waals surface area (Å²) >= 11 is 0. The van der Waals surface area contributed by atoms with Crippen LogP contribution in [0.2, 0.25) is 0 Å². The molecule has 2 heterocycles. The molecular weight excluding hydrogens is 477 g/mol. The van der Waals surface area contributed by atoms with E-state index in [9.17, 15) is 0 Å². The molecule has 2 saturated carbocycles. The summed E-state index contributed by atoms with van der Waals surface area (Å²) in [6, 6.07) is 17.6. The largest absolute Gasteiger partial charge is 0.436 e. The van der Waals surface area contributed by atoms with Crippen LogP contribution in [0.15, 0.2) is 65.3 Å². The summed E-state index contributed by atoms with van der Waals surface area (Å²) in [6.07, 6.45) is 7.92. The Bertz CT molecular complexity index is 1610. The van der Waals surface area contributed by atoms with Gasteiger partial charge in [0.05, 0.1) is 5.56 Å².